The van der Waals surface area contributed by atoms with Crippen molar-refractivity contribution in [2.75, 3.05) is 17.2 Å². The Kier molecular flexibility index (Phi) is 6.03. The summed E-state index contributed by atoms with van der Waals surface area (Å²) in [5.41, 5.74) is 1.19. The Morgan fingerprint density at radius 1 is 1.11 bits per heavy atom. The number of carbonyl (C=O) groups excluding carboxylic acids is 3. The second-order valence-electron chi connectivity index (χ2n) is 6.35. The number of benzene rings is 1. The molecule has 2 amide bonds. The van der Waals surface area contributed by atoms with Gasteiger partial charge in [-0.3, -0.25) is 9.59 Å². The van der Waals surface area contributed by atoms with Gasteiger partial charge in [0.05, 0.1) is 5.56 Å². The van der Waals surface area contributed by atoms with E-state index in [-0.39, 0.29) is 17.2 Å². The van der Waals surface area contributed by atoms with Crippen LogP contribution in [0.15, 0.2) is 18.2 Å². The zero-order valence-corrected chi connectivity index (χ0v) is 15.9. The van der Waals surface area contributed by atoms with Crippen LogP contribution in [0.5, 0.6) is 0 Å². The number of ether oxygens (including phenoxy) is 1. The van der Waals surface area contributed by atoms with Gasteiger partial charge in [0.25, 0.3) is 5.91 Å². The predicted molar refractivity (Wildman–Crippen MR) is 101 cm³/mol. The Morgan fingerprint density at radius 3 is 2.57 bits per heavy atom. The van der Waals surface area contributed by atoms with Crippen molar-refractivity contribution in [3.05, 3.63) is 45.8 Å². The van der Waals surface area contributed by atoms with E-state index in [0.29, 0.717) is 11.4 Å². The zero-order chi connectivity index (χ0) is 20.3. The third-order valence-electron chi connectivity index (χ3n) is 4.20. The molecule has 0 bridgehead atoms. The highest BCUT2D eigenvalue weighted by molar-refractivity contribution is 7.17. The molecule has 0 atom stereocenters. The van der Waals surface area contributed by atoms with Gasteiger partial charge in [0, 0.05) is 23.6 Å². The molecule has 9 heteroatoms. The molecular formula is C19H18F2N2O4S. The van der Waals surface area contributed by atoms with E-state index >= 15 is 0 Å². The quantitative estimate of drug-likeness (QED) is 0.740. The lowest BCUT2D eigenvalue weighted by atomic mass is 9.95. The normalized spacial score (nSPS) is 12.8. The van der Waals surface area contributed by atoms with Crippen molar-refractivity contribution in [2.45, 2.75) is 32.6 Å². The van der Waals surface area contributed by atoms with E-state index in [1.54, 1.807) is 0 Å². The van der Waals surface area contributed by atoms with Crippen LogP contribution in [-0.2, 0) is 27.2 Å². The maximum absolute atomic E-state index is 13.2. The summed E-state index contributed by atoms with van der Waals surface area (Å²) in [5.74, 6) is -3.83. The Hall–Kier alpha value is -2.81. The second kappa shape index (κ2) is 8.47. The van der Waals surface area contributed by atoms with E-state index in [0.717, 1.165) is 41.8 Å². The minimum absolute atomic E-state index is 0.0480. The maximum Gasteiger partial charge on any atom is 0.341 e. The van der Waals surface area contributed by atoms with Gasteiger partial charge in [0.15, 0.2) is 18.2 Å². The van der Waals surface area contributed by atoms with Crippen LogP contribution >= 0.6 is 11.3 Å². The first kappa shape index (κ1) is 19.9. The van der Waals surface area contributed by atoms with Crippen LogP contribution in [0, 0.1) is 11.6 Å². The summed E-state index contributed by atoms with van der Waals surface area (Å²) in [7, 11) is 0. The Balaban J connectivity index is 1.68. The van der Waals surface area contributed by atoms with Crippen LogP contribution < -0.4 is 10.6 Å². The molecule has 0 saturated heterocycles. The Morgan fingerprint density at radius 2 is 1.86 bits per heavy atom. The Labute approximate surface area is 163 Å². The van der Waals surface area contributed by atoms with E-state index in [9.17, 15) is 23.2 Å². The summed E-state index contributed by atoms with van der Waals surface area (Å²) < 4.78 is 31.2. The van der Waals surface area contributed by atoms with Crippen LogP contribution in [0.2, 0.25) is 0 Å². The minimum atomic E-state index is -1.10. The van der Waals surface area contributed by atoms with E-state index < -0.39 is 30.1 Å². The second-order valence-corrected chi connectivity index (χ2v) is 7.45. The highest BCUT2D eigenvalue weighted by Crippen LogP contribution is 2.38. The molecule has 28 heavy (non-hydrogen) atoms. The van der Waals surface area contributed by atoms with Gasteiger partial charge >= 0.3 is 5.97 Å². The van der Waals surface area contributed by atoms with Crippen molar-refractivity contribution in [3.8, 4) is 0 Å². The average Bonchev–Trinajstić information content (AvgIpc) is 3.00. The number of hydrogen-bond acceptors (Lipinski definition) is 5. The van der Waals surface area contributed by atoms with Gasteiger partial charge in [-0.25, -0.2) is 13.6 Å². The fourth-order valence-corrected chi connectivity index (χ4v) is 4.33. The van der Waals surface area contributed by atoms with Crippen LogP contribution in [0.3, 0.4) is 0 Å². The van der Waals surface area contributed by atoms with Crippen molar-refractivity contribution in [1.82, 2.24) is 0 Å². The number of hydrogen-bond donors (Lipinski definition) is 2. The van der Waals surface area contributed by atoms with E-state index in [4.69, 9.17) is 4.74 Å². The van der Waals surface area contributed by atoms with Gasteiger partial charge < -0.3 is 15.4 Å². The molecule has 2 N–H and O–H groups in total. The van der Waals surface area contributed by atoms with Crippen LogP contribution in [0.4, 0.5) is 19.5 Å². The fraction of sp³-hybridized carbons (Fsp3) is 0.316. The molecule has 1 aromatic carbocycles. The molecule has 148 valence electrons. The highest BCUT2D eigenvalue weighted by Gasteiger charge is 2.27. The largest absolute Gasteiger partial charge is 0.452 e. The number of amides is 2. The first-order valence-corrected chi connectivity index (χ1v) is 9.51. The standard InChI is InChI=1S/C19H18F2N2O4S/c1-10(24)22-18-17(12-4-2-3-5-15(12)28-18)19(26)27-9-16(25)23-11-6-7-13(20)14(21)8-11/h6-8H,2-5,9H2,1H3,(H,22,24)(H,23,25). The molecule has 0 aliphatic heterocycles. The van der Waals surface area contributed by atoms with Gasteiger partial charge in [-0.05, 0) is 43.4 Å². The van der Waals surface area contributed by atoms with E-state index in [1.807, 2.05) is 0 Å². The number of esters is 1. The number of aryl methyl sites for hydroxylation is 1. The smallest absolute Gasteiger partial charge is 0.341 e. The summed E-state index contributed by atoms with van der Waals surface area (Å²) in [6, 6.07) is 2.91. The average molecular weight is 408 g/mol. The topological polar surface area (TPSA) is 84.5 Å². The van der Waals surface area contributed by atoms with Gasteiger partial charge in [-0.1, -0.05) is 0 Å². The van der Waals surface area contributed by atoms with E-state index in [2.05, 4.69) is 10.6 Å². The summed E-state index contributed by atoms with van der Waals surface area (Å²) in [6.45, 7) is 0.755. The lowest BCUT2D eigenvalue weighted by molar-refractivity contribution is -0.119. The summed E-state index contributed by atoms with van der Waals surface area (Å²) in [4.78, 5) is 37.0. The molecule has 1 aromatic heterocycles. The molecule has 1 aliphatic carbocycles. The highest BCUT2D eigenvalue weighted by atomic mass is 32.1. The number of anilines is 2. The molecule has 0 unspecified atom stereocenters. The molecule has 1 heterocycles. The third kappa shape index (κ3) is 4.53. The number of nitrogens with one attached hydrogen (secondary N) is 2. The van der Waals surface area contributed by atoms with Gasteiger partial charge in [0.2, 0.25) is 5.91 Å². The van der Waals surface area contributed by atoms with Crippen molar-refractivity contribution in [3.63, 3.8) is 0 Å². The van der Waals surface area contributed by atoms with Crippen molar-refractivity contribution in [1.29, 1.82) is 0 Å². The lowest BCUT2D eigenvalue weighted by Crippen LogP contribution is -2.22. The third-order valence-corrected chi connectivity index (χ3v) is 5.41. The lowest BCUT2D eigenvalue weighted by Gasteiger charge is -2.13. The monoisotopic (exact) mass is 408 g/mol. The van der Waals surface area contributed by atoms with Crippen molar-refractivity contribution >= 4 is 39.8 Å². The number of thiophene rings is 1. The molecule has 0 spiro atoms. The first-order valence-electron chi connectivity index (χ1n) is 8.69. The van der Waals surface area contributed by atoms with Crippen molar-refractivity contribution < 1.29 is 27.9 Å². The number of fused-ring (bicyclic) bond motifs is 1. The molecule has 0 saturated carbocycles. The summed E-state index contributed by atoms with van der Waals surface area (Å²) in [6.07, 6.45) is 3.48. The van der Waals surface area contributed by atoms with Crippen LogP contribution in [0.1, 0.15) is 40.6 Å². The molecular weight excluding hydrogens is 390 g/mol. The van der Waals surface area contributed by atoms with E-state index in [1.165, 1.54) is 24.3 Å². The minimum Gasteiger partial charge on any atom is -0.452 e. The molecule has 6 nitrogen and oxygen atoms in total. The molecule has 0 radical (unpaired) electrons. The Bertz CT molecular complexity index is 942. The number of rotatable bonds is 5. The van der Waals surface area contributed by atoms with Gasteiger partial charge in [-0.2, -0.15) is 0 Å². The van der Waals surface area contributed by atoms with Gasteiger partial charge in [-0.15, -0.1) is 11.3 Å². The molecule has 2 aromatic rings. The molecule has 3 rings (SSSR count). The SMILES string of the molecule is CC(=O)Nc1sc2c(c1C(=O)OCC(=O)Nc1ccc(F)c(F)c1)CCCC2. The van der Waals surface area contributed by atoms with Crippen molar-refractivity contribution in [2.24, 2.45) is 0 Å². The maximum atomic E-state index is 13.2. The van der Waals surface area contributed by atoms with Crippen LogP contribution in [-0.4, -0.2) is 24.4 Å². The van der Waals surface area contributed by atoms with Gasteiger partial charge in [0.1, 0.15) is 5.00 Å². The summed E-state index contributed by atoms with van der Waals surface area (Å²) in [5, 5.41) is 5.40. The number of carbonyl (C=O) groups is 3. The molecule has 1 aliphatic rings. The predicted octanol–water partition coefficient (Wildman–Crippen LogP) is 3.66. The summed E-state index contributed by atoms with van der Waals surface area (Å²) >= 11 is 1.35. The number of halogens is 2. The zero-order valence-electron chi connectivity index (χ0n) is 15.1. The molecule has 0 fully saturated rings. The fourth-order valence-electron chi connectivity index (χ4n) is 3.00. The first-order chi connectivity index (χ1) is 13.3. The van der Waals surface area contributed by atoms with Crippen LogP contribution in [0.25, 0.3) is 0 Å².